The number of hydrogen-bond donors (Lipinski definition) is 0. The summed E-state index contributed by atoms with van der Waals surface area (Å²) < 4.78 is 27.4. The Kier molecular flexibility index (Phi) is 5.10. The zero-order chi connectivity index (χ0) is 21.4. The molecule has 1 atom stereocenters. The number of halogens is 2. The van der Waals surface area contributed by atoms with Crippen molar-refractivity contribution >= 4 is 17.4 Å². The molecule has 0 saturated carbocycles. The minimum Gasteiger partial charge on any atom is -0.368 e. The van der Waals surface area contributed by atoms with Crippen molar-refractivity contribution in [2.24, 2.45) is 0 Å². The van der Waals surface area contributed by atoms with E-state index < -0.39 is 0 Å². The van der Waals surface area contributed by atoms with E-state index in [1.807, 2.05) is 0 Å². The Hall–Kier alpha value is -3.35. The van der Waals surface area contributed by atoms with E-state index in [0.29, 0.717) is 29.2 Å². The van der Waals surface area contributed by atoms with Crippen molar-refractivity contribution in [2.75, 3.05) is 36.0 Å². The van der Waals surface area contributed by atoms with Gasteiger partial charge in [-0.1, -0.05) is 18.2 Å². The highest BCUT2D eigenvalue weighted by Crippen LogP contribution is 2.33. The topological polar surface area (TPSA) is 49.3 Å². The van der Waals surface area contributed by atoms with E-state index in [-0.39, 0.29) is 29.8 Å². The van der Waals surface area contributed by atoms with Crippen LogP contribution in [0, 0.1) is 11.6 Å². The van der Waals surface area contributed by atoms with Crippen LogP contribution in [0.1, 0.15) is 34.0 Å². The van der Waals surface area contributed by atoms with Crippen LogP contribution in [0.15, 0.2) is 54.7 Å². The summed E-state index contributed by atoms with van der Waals surface area (Å²) in [7, 11) is 0. The minimum atomic E-state index is -0.282. The summed E-state index contributed by atoms with van der Waals surface area (Å²) in [6, 6.07) is 13.1. The molecule has 0 spiro atoms. The van der Waals surface area contributed by atoms with Gasteiger partial charge in [-0.05, 0) is 48.2 Å². The molecule has 158 valence electrons. The second-order valence-corrected chi connectivity index (χ2v) is 8.03. The number of benzene rings is 2. The summed E-state index contributed by atoms with van der Waals surface area (Å²) in [6.07, 6.45) is 2.41. The lowest BCUT2D eigenvalue weighted by atomic mass is 9.82. The molecule has 1 unspecified atom stereocenters. The van der Waals surface area contributed by atoms with Gasteiger partial charge in [-0.15, -0.1) is 0 Å². The highest BCUT2D eigenvalue weighted by Gasteiger charge is 2.30. The second-order valence-electron chi connectivity index (χ2n) is 8.03. The van der Waals surface area contributed by atoms with Gasteiger partial charge in [0.15, 0.2) is 5.78 Å². The average Bonchev–Trinajstić information content (AvgIpc) is 2.79. The number of Topliss-reactive ketones (excluding diaryl/α,β-unsaturated/α-hetero) is 1. The number of aromatic nitrogens is 2. The number of carbonyl (C=O) groups is 1. The van der Waals surface area contributed by atoms with Crippen molar-refractivity contribution in [3.8, 4) is 0 Å². The van der Waals surface area contributed by atoms with Gasteiger partial charge < -0.3 is 9.80 Å². The molecule has 1 aliphatic carbocycles. The Labute approximate surface area is 179 Å². The lowest BCUT2D eigenvalue weighted by Crippen LogP contribution is -2.47. The van der Waals surface area contributed by atoms with Gasteiger partial charge in [0.1, 0.15) is 11.6 Å². The van der Waals surface area contributed by atoms with Crippen LogP contribution in [0.2, 0.25) is 0 Å². The smallest absolute Gasteiger partial charge is 0.225 e. The van der Waals surface area contributed by atoms with Crippen molar-refractivity contribution in [3.63, 3.8) is 0 Å². The van der Waals surface area contributed by atoms with E-state index in [2.05, 4.69) is 14.8 Å². The van der Waals surface area contributed by atoms with Gasteiger partial charge in [0, 0.05) is 44.5 Å². The molecule has 0 bridgehead atoms. The fourth-order valence-electron chi connectivity index (χ4n) is 4.43. The maximum Gasteiger partial charge on any atom is 0.225 e. The van der Waals surface area contributed by atoms with Crippen molar-refractivity contribution in [1.82, 2.24) is 9.97 Å². The van der Waals surface area contributed by atoms with Crippen LogP contribution >= 0.6 is 0 Å². The van der Waals surface area contributed by atoms with Crippen LogP contribution in [0.4, 0.5) is 20.4 Å². The van der Waals surface area contributed by atoms with Gasteiger partial charge in [0.2, 0.25) is 5.95 Å². The number of ketones is 1. The second kappa shape index (κ2) is 8.06. The first kappa shape index (κ1) is 19.6. The van der Waals surface area contributed by atoms with E-state index in [1.165, 1.54) is 18.2 Å². The zero-order valence-electron chi connectivity index (χ0n) is 17.0. The number of rotatable bonds is 3. The van der Waals surface area contributed by atoms with Crippen LogP contribution in [0.5, 0.6) is 0 Å². The van der Waals surface area contributed by atoms with Crippen molar-refractivity contribution in [1.29, 1.82) is 0 Å². The van der Waals surface area contributed by atoms with Crippen molar-refractivity contribution < 1.29 is 13.6 Å². The molecule has 2 aromatic carbocycles. The summed E-state index contributed by atoms with van der Waals surface area (Å²) >= 11 is 0. The maximum absolute atomic E-state index is 14.3. The lowest BCUT2D eigenvalue weighted by Gasteiger charge is -2.36. The Bertz CT molecular complexity index is 1110. The fourth-order valence-corrected chi connectivity index (χ4v) is 4.43. The third-order valence-electron chi connectivity index (χ3n) is 6.13. The van der Waals surface area contributed by atoms with Gasteiger partial charge in [-0.2, -0.15) is 0 Å². The molecule has 3 aromatic rings. The van der Waals surface area contributed by atoms with Gasteiger partial charge in [-0.3, -0.25) is 4.79 Å². The monoisotopic (exact) mass is 420 g/mol. The summed E-state index contributed by atoms with van der Waals surface area (Å²) in [6.45, 7) is 2.98. The molecule has 31 heavy (non-hydrogen) atoms. The number of hydrogen-bond acceptors (Lipinski definition) is 5. The summed E-state index contributed by atoms with van der Waals surface area (Å²) in [5.41, 5.74) is 2.79. The number of carbonyl (C=O) groups excluding carboxylic acids is 1. The van der Waals surface area contributed by atoms with E-state index in [9.17, 15) is 13.6 Å². The number of fused-ring (bicyclic) bond motifs is 1. The average molecular weight is 420 g/mol. The molecule has 1 aromatic heterocycles. The normalized spacial score (nSPS) is 18.8. The molecule has 1 saturated heterocycles. The molecule has 0 amide bonds. The van der Waals surface area contributed by atoms with Crippen molar-refractivity contribution in [2.45, 2.75) is 18.8 Å². The van der Waals surface area contributed by atoms with E-state index in [4.69, 9.17) is 4.98 Å². The van der Waals surface area contributed by atoms with Gasteiger partial charge >= 0.3 is 0 Å². The van der Waals surface area contributed by atoms with Gasteiger partial charge in [0.05, 0.1) is 11.3 Å². The molecule has 2 aliphatic rings. The largest absolute Gasteiger partial charge is 0.368 e. The van der Waals surface area contributed by atoms with Crippen LogP contribution in [0.3, 0.4) is 0 Å². The highest BCUT2D eigenvalue weighted by atomic mass is 19.1. The van der Waals surface area contributed by atoms with Gasteiger partial charge in [-0.25, -0.2) is 18.7 Å². The van der Waals surface area contributed by atoms with Crippen LogP contribution in [-0.2, 0) is 6.42 Å². The van der Waals surface area contributed by atoms with Crippen molar-refractivity contribution in [3.05, 3.63) is 83.2 Å². The van der Waals surface area contributed by atoms with E-state index in [1.54, 1.807) is 36.5 Å². The maximum atomic E-state index is 14.3. The van der Waals surface area contributed by atoms with Crippen LogP contribution in [-0.4, -0.2) is 41.9 Å². The van der Waals surface area contributed by atoms with Gasteiger partial charge in [0.25, 0.3) is 0 Å². The first-order chi connectivity index (χ1) is 15.1. The number of piperazine rings is 1. The predicted octanol–water partition coefficient (Wildman–Crippen LogP) is 3.99. The molecule has 0 radical (unpaired) electrons. The fraction of sp³-hybridized carbons (Fsp3) is 0.292. The van der Waals surface area contributed by atoms with Crippen LogP contribution in [0.25, 0.3) is 0 Å². The third-order valence-corrected chi connectivity index (χ3v) is 6.13. The van der Waals surface area contributed by atoms with E-state index >= 15 is 0 Å². The predicted molar refractivity (Wildman–Crippen MR) is 115 cm³/mol. The highest BCUT2D eigenvalue weighted by molar-refractivity contribution is 5.98. The number of anilines is 2. The zero-order valence-corrected chi connectivity index (χ0v) is 17.0. The first-order valence-electron chi connectivity index (χ1n) is 10.5. The molecule has 1 aliphatic heterocycles. The summed E-state index contributed by atoms with van der Waals surface area (Å²) in [5.74, 6) is -0.177. The quantitative estimate of drug-likeness (QED) is 0.641. The molecule has 1 fully saturated rings. The lowest BCUT2D eigenvalue weighted by molar-refractivity contribution is 0.0962. The molecule has 0 N–H and O–H groups in total. The molecule has 5 rings (SSSR count). The first-order valence-corrected chi connectivity index (χ1v) is 10.5. The molecule has 7 heteroatoms. The molecule has 2 heterocycles. The minimum absolute atomic E-state index is 0.0396. The standard InChI is InChI=1S/C24H22F2N4O/c25-17-5-7-18(8-6-17)29-9-11-30(12-10-29)24-27-15-20-22(28-24)13-16(14-23(20)31)19-3-1-2-4-21(19)26/h1-8,15-16H,9-14H2. The molecular weight excluding hydrogens is 398 g/mol. The third kappa shape index (κ3) is 3.87. The molecule has 5 nitrogen and oxygen atoms in total. The molecular formula is C24H22F2N4O. The Balaban J connectivity index is 1.32. The van der Waals surface area contributed by atoms with Crippen LogP contribution < -0.4 is 9.80 Å². The van der Waals surface area contributed by atoms with E-state index in [0.717, 1.165) is 31.9 Å². The summed E-state index contributed by atoms with van der Waals surface area (Å²) in [5, 5.41) is 0. The Morgan fingerprint density at radius 3 is 2.32 bits per heavy atom. The Morgan fingerprint density at radius 2 is 1.58 bits per heavy atom. The SMILES string of the molecule is O=C1CC(c2ccccc2F)Cc2nc(N3CCN(c4ccc(F)cc4)CC3)ncc21. The Morgan fingerprint density at radius 1 is 0.871 bits per heavy atom. The summed E-state index contributed by atoms with van der Waals surface area (Å²) in [4.78, 5) is 26.1. The number of nitrogens with zero attached hydrogens (tertiary/aromatic N) is 4.